The van der Waals surface area contributed by atoms with Crippen LogP contribution in [0.25, 0.3) is 0 Å². The van der Waals surface area contributed by atoms with E-state index < -0.39 is 10.0 Å². The summed E-state index contributed by atoms with van der Waals surface area (Å²) in [6.45, 7) is 1.99. The van der Waals surface area contributed by atoms with E-state index in [1.165, 1.54) is 16.4 Å². The number of hydrogen-bond donors (Lipinski definition) is 1. The lowest BCUT2D eigenvalue weighted by molar-refractivity contribution is -0.115. The predicted octanol–water partition coefficient (Wildman–Crippen LogP) is 3.08. The average Bonchev–Trinajstić information content (AvgIpc) is 3.24. The van der Waals surface area contributed by atoms with E-state index in [1.807, 2.05) is 0 Å². The van der Waals surface area contributed by atoms with Gasteiger partial charge in [0.2, 0.25) is 15.9 Å². The number of anilines is 1. The molecule has 2 aliphatic rings. The largest absolute Gasteiger partial charge is 0.486 e. The molecule has 4 rings (SSSR count). The molecule has 154 valence electrons. The van der Waals surface area contributed by atoms with Gasteiger partial charge in [0.25, 0.3) is 0 Å². The van der Waals surface area contributed by atoms with Crippen LogP contribution in [-0.4, -0.2) is 44.9 Å². The molecular formula is C20H21ClN2O5S. The van der Waals surface area contributed by atoms with Crippen molar-refractivity contribution in [2.45, 2.75) is 24.2 Å². The summed E-state index contributed by atoms with van der Waals surface area (Å²) in [7, 11) is -3.47. The number of amides is 1. The summed E-state index contributed by atoms with van der Waals surface area (Å²) in [5, 5.41) is 3.18. The second kappa shape index (κ2) is 8.22. The number of benzene rings is 2. The Morgan fingerprint density at radius 2 is 1.76 bits per heavy atom. The molecule has 2 aliphatic heterocycles. The number of carbonyl (C=O) groups is 1. The Balaban J connectivity index is 1.42. The lowest BCUT2D eigenvalue weighted by Crippen LogP contribution is -2.27. The first-order chi connectivity index (χ1) is 13.9. The van der Waals surface area contributed by atoms with Crippen molar-refractivity contribution in [3.8, 4) is 11.5 Å². The molecule has 0 radical (unpaired) electrons. The summed E-state index contributed by atoms with van der Waals surface area (Å²) in [5.74, 6) is 0.785. The van der Waals surface area contributed by atoms with Crippen LogP contribution in [0.5, 0.6) is 11.5 Å². The number of nitrogens with one attached hydrogen (secondary N) is 1. The Morgan fingerprint density at radius 3 is 2.48 bits per heavy atom. The molecule has 0 spiro atoms. The van der Waals surface area contributed by atoms with E-state index in [0.717, 1.165) is 12.8 Å². The fourth-order valence-electron chi connectivity index (χ4n) is 3.44. The van der Waals surface area contributed by atoms with Crippen molar-refractivity contribution < 1.29 is 22.7 Å². The lowest BCUT2D eigenvalue weighted by atomic mass is 10.1. The average molecular weight is 437 g/mol. The van der Waals surface area contributed by atoms with Gasteiger partial charge in [0.15, 0.2) is 11.5 Å². The fraction of sp³-hybridized carbons (Fsp3) is 0.350. The molecule has 1 amide bonds. The van der Waals surface area contributed by atoms with Crippen LogP contribution in [0.15, 0.2) is 41.3 Å². The summed E-state index contributed by atoms with van der Waals surface area (Å²) in [4.78, 5) is 12.6. The van der Waals surface area contributed by atoms with Crippen LogP contribution in [-0.2, 0) is 21.2 Å². The van der Waals surface area contributed by atoms with Crippen molar-refractivity contribution in [1.29, 1.82) is 0 Å². The van der Waals surface area contributed by atoms with Gasteiger partial charge >= 0.3 is 0 Å². The standard InChI is InChI=1S/C20H21ClN2O5S/c21-17-11-14(12-18-20(17)28-10-9-27-18)13-19(24)22-15-3-5-16(6-4-15)29(25,26)23-7-1-2-8-23/h3-6,11-12H,1-2,7-10,13H2,(H,22,24). The van der Waals surface area contributed by atoms with Gasteiger partial charge in [0, 0.05) is 18.8 Å². The highest BCUT2D eigenvalue weighted by Crippen LogP contribution is 2.38. The summed E-state index contributed by atoms with van der Waals surface area (Å²) >= 11 is 6.21. The van der Waals surface area contributed by atoms with Gasteiger partial charge in [-0.2, -0.15) is 4.31 Å². The highest BCUT2D eigenvalue weighted by atomic mass is 35.5. The molecule has 9 heteroatoms. The Morgan fingerprint density at radius 1 is 1.07 bits per heavy atom. The van der Waals surface area contributed by atoms with Crippen LogP contribution in [0.3, 0.4) is 0 Å². The molecule has 0 aromatic heterocycles. The first kappa shape index (κ1) is 20.0. The molecule has 0 atom stereocenters. The summed E-state index contributed by atoms with van der Waals surface area (Å²) in [5.41, 5.74) is 1.23. The monoisotopic (exact) mass is 436 g/mol. The lowest BCUT2D eigenvalue weighted by Gasteiger charge is -2.20. The minimum Gasteiger partial charge on any atom is -0.486 e. The van der Waals surface area contributed by atoms with Crippen molar-refractivity contribution in [2.75, 3.05) is 31.6 Å². The number of carbonyl (C=O) groups excluding carboxylic acids is 1. The molecule has 2 aromatic rings. The molecular weight excluding hydrogens is 416 g/mol. The van der Waals surface area contributed by atoms with Crippen molar-refractivity contribution in [3.63, 3.8) is 0 Å². The topological polar surface area (TPSA) is 84.9 Å². The predicted molar refractivity (Wildman–Crippen MR) is 109 cm³/mol. The van der Waals surface area contributed by atoms with Crippen LogP contribution >= 0.6 is 11.6 Å². The maximum Gasteiger partial charge on any atom is 0.243 e. The Hall–Kier alpha value is -2.29. The van der Waals surface area contributed by atoms with E-state index in [2.05, 4.69) is 5.32 Å². The third-order valence-electron chi connectivity index (χ3n) is 4.86. The zero-order valence-electron chi connectivity index (χ0n) is 15.7. The number of nitrogens with zero attached hydrogens (tertiary/aromatic N) is 1. The van der Waals surface area contributed by atoms with Crippen LogP contribution in [0.1, 0.15) is 18.4 Å². The van der Waals surface area contributed by atoms with Gasteiger partial charge < -0.3 is 14.8 Å². The molecule has 2 heterocycles. The minimum absolute atomic E-state index is 0.101. The summed E-state index contributed by atoms with van der Waals surface area (Å²) in [6.07, 6.45) is 1.87. The SMILES string of the molecule is O=C(Cc1cc(Cl)c2c(c1)OCCO2)Nc1ccc(S(=O)(=O)N2CCCC2)cc1. The fourth-order valence-corrected chi connectivity index (χ4v) is 5.25. The molecule has 1 fully saturated rings. The van der Waals surface area contributed by atoms with Gasteiger partial charge in [-0.3, -0.25) is 4.79 Å². The number of hydrogen-bond acceptors (Lipinski definition) is 5. The molecule has 29 heavy (non-hydrogen) atoms. The van der Waals surface area contributed by atoms with Gasteiger partial charge in [-0.25, -0.2) is 8.42 Å². The second-order valence-electron chi connectivity index (χ2n) is 6.96. The number of fused-ring (bicyclic) bond motifs is 1. The second-order valence-corrected chi connectivity index (χ2v) is 9.31. The van der Waals surface area contributed by atoms with Crippen molar-refractivity contribution in [3.05, 3.63) is 47.0 Å². The maximum atomic E-state index is 12.6. The minimum atomic E-state index is -3.47. The van der Waals surface area contributed by atoms with Crippen LogP contribution in [0, 0.1) is 0 Å². The van der Waals surface area contributed by atoms with Crippen LogP contribution < -0.4 is 14.8 Å². The van der Waals surface area contributed by atoms with Gasteiger partial charge in [-0.15, -0.1) is 0 Å². The molecule has 0 unspecified atom stereocenters. The zero-order valence-corrected chi connectivity index (χ0v) is 17.3. The zero-order chi connectivity index (χ0) is 20.4. The third kappa shape index (κ3) is 4.34. The normalized spacial score (nSPS) is 16.6. The van der Waals surface area contributed by atoms with E-state index in [4.69, 9.17) is 21.1 Å². The van der Waals surface area contributed by atoms with E-state index in [1.54, 1.807) is 24.3 Å². The van der Waals surface area contributed by atoms with Gasteiger partial charge in [-0.1, -0.05) is 11.6 Å². The highest BCUT2D eigenvalue weighted by molar-refractivity contribution is 7.89. The Kier molecular flexibility index (Phi) is 5.67. The summed E-state index contributed by atoms with van der Waals surface area (Å²) in [6, 6.07) is 9.65. The molecule has 7 nitrogen and oxygen atoms in total. The summed E-state index contributed by atoms with van der Waals surface area (Å²) < 4.78 is 37.6. The number of sulfonamides is 1. The van der Waals surface area contributed by atoms with Crippen molar-refractivity contribution >= 4 is 33.2 Å². The van der Waals surface area contributed by atoms with E-state index in [-0.39, 0.29) is 17.2 Å². The van der Waals surface area contributed by atoms with Gasteiger partial charge in [0.1, 0.15) is 13.2 Å². The smallest absolute Gasteiger partial charge is 0.243 e. The molecule has 0 aliphatic carbocycles. The molecule has 0 saturated carbocycles. The Labute approximate surface area is 174 Å². The quantitative estimate of drug-likeness (QED) is 0.778. The third-order valence-corrected chi connectivity index (χ3v) is 7.06. The van der Waals surface area contributed by atoms with E-state index in [0.29, 0.717) is 54.1 Å². The van der Waals surface area contributed by atoms with Gasteiger partial charge in [-0.05, 0) is 54.8 Å². The number of rotatable bonds is 5. The first-order valence-corrected chi connectivity index (χ1v) is 11.2. The molecule has 2 aromatic carbocycles. The first-order valence-electron chi connectivity index (χ1n) is 9.41. The van der Waals surface area contributed by atoms with Gasteiger partial charge in [0.05, 0.1) is 16.3 Å². The Bertz CT molecular complexity index is 1020. The van der Waals surface area contributed by atoms with Crippen LogP contribution in [0.2, 0.25) is 5.02 Å². The van der Waals surface area contributed by atoms with Crippen LogP contribution in [0.4, 0.5) is 5.69 Å². The highest BCUT2D eigenvalue weighted by Gasteiger charge is 2.27. The van der Waals surface area contributed by atoms with E-state index >= 15 is 0 Å². The molecule has 1 N–H and O–H groups in total. The maximum absolute atomic E-state index is 12.6. The number of halogens is 1. The van der Waals surface area contributed by atoms with Crippen molar-refractivity contribution in [2.24, 2.45) is 0 Å². The van der Waals surface area contributed by atoms with Crippen molar-refractivity contribution in [1.82, 2.24) is 4.31 Å². The molecule has 0 bridgehead atoms. The molecule has 1 saturated heterocycles. The number of ether oxygens (including phenoxy) is 2. The van der Waals surface area contributed by atoms with E-state index in [9.17, 15) is 13.2 Å².